The molecule has 0 bridgehead atoms. The van der Waals surface area contributed by atoms with E-state index in [1.807, 2.05) is 36.4 Å². The van der Waals surface area contributed by atoms with Crippen LogP contribution in [0, 0.1) is 5.92 Å². The third-order valence-electron chi connectivity index (χ3n) is 4.88. The van der Waals surface area contributed by atoms with Gasteiger partial charge in [-0.15, -0.1) is 6.58 Å². The summed E-state index contributed by atoms with van der Waals surface area (Å²) in [6.07, 6.45) is 12.8. The highest BCUT2D eigenvalue weighted by Crippen LogP contribution is 2.28. The van der Waals surface area contributed by atoms with Gasteiger partial charge >= 0.3 is 6.09 Å². The van der Waals surface area contributed by atoms with Crippen molar-refractivity contribution in [1.82, 2.24) is 5.32 Å². The summed E-state index contributed by atoms with van der Waals surface area (Å²) in [5.41, 5.74) is 1.00. The first kappa shape index (κ1) is 18.6. The molecule has 2 rings (SSSR count). The molecule has 1 amide bonds. The van der Waals surface area contributed by atoms with Crippen LogP contribution in [0.25, 0.3) is 0 Å². The molecular formula is C21H31NO2. The molecule has 1 saturated carbocycles. The highest BCUT2D eigenvalue weighted by atomic mass is 16.5. The molecule has 1 N–H and O–H groups in total. The van der Waals surface area contributed by atoms with Crippen molar-refractivity contribution in [2.45, 2.75) is 70.4 Å². The van der Waals surface area contributed by atoms with Gasteiger partial charge in [0.05, 0.1) is 0 Å². The van der Waals surface area contributed by atoms with Crippen molar-refractivity contribution in [2.24, 2.45) is 5.92 Å². The predicted octanol–water partition coefficient (Wildman–Crippen LogP) is 5.61. The summed E-state index contributed by atoms with van der Waals surface area (Å²) in [4.78, 5) is 12.0. The van der Waals surface area contributed by atoms with Crippen molar-refractivity contribution >= 4 is 6.09 Å². The Hall–Kier alpha value is -1.77. The third kappa shape index (κ3) is 7.20. The monoisotopic (exact) mass is 329 g/mol. The van der Waals surface area contributed by atoms with Crippen LogP contribution in [-0.4, -0.2) is 12.1 Å². The fourth-order valence-corrected chi connectivity index (χ4v) is 3.51. The summed E-state index contributed by atoms with van der Waals surface area (Å²) in [6, 6.07) is 9.90. The lowest BCUT2D eigenvalue weighted by molar-refractivity contribution is 0.135. The van der Waals surface area contributed by atoms with Gasteiger partial charge in [0.1, 0.15) is 6.61 Å². The second kappa shape index (κ2) is 10.9. The van der Waals surface area contributed by atoms with E-state index in [0.29, 0.717) is 6.61 Å². The predicted molar refractivity (Wildman–Crippen MR) is 98.8 cm³/mol. The van der Waals surface area contributed by atoms with E-state index in [4.69, 9.17) is 4.74 Å². The second-order valence-electron chi connectivity index (χ2n) is 6.86. The van der Waals surface area contributed by atoms with Gasteiger partial charge < -0.3 is 10.1 Å². The third-order valence-corrected chi connectivity index (χ3v) is 4.88. The smallest absolute Gasteiger partial charge is 0.407 e. The Morgan fingerprint density at radius 3 is 2.71 bits per heavy atom. The number of hydrogen-bond acceptors (Lipinski definition) is 2. The summed E-state index contributed by atoms with van der Waals surface area (Å²) in [5, 5.41) is 2.99. The fraction of sp³-hybridized carbons (Fsp3) is 0.571. The van der Waals surface area contributed by atoms with Crippen molar-refractivity contribution in [3.63, 3.8) is 0 Å². The van der Waals surface area contributed by atoms with Crippen LogP contribution in [0.2, 0.25) is 0 Å². The van der Waals surface area contributed by atoms with Gasteiger partial charge in [0.2, 0.25) is 0 Å². The minimum atomic E-state index is -0.330. The normalized spacial score (nSPS) is 16.3. The second-order valence-corrected chi connectivity index (χ2v) is 6.86. The molecule has 3 nitrogen and oxygen atoms in total. The van der Waals surface area contributed by atoms with Gasteiger partial charge in [0, 0.05) is 6.04 Å². The minimum Gasteiger partial charge on any atom is -0.445 e. The van der Waals surface area contributed by atoms with Crippen molar-refractivity contribution in [3.8, 4) is 0 Å². The molecule has 1 aliphatic carbocycles. The van der Waals surface area contributed by atoms with E-state index >= 15 is 0 Å². The summed E-state index contributed by atoms with van der Waals surface area (Å²) in [7, 11) is 0. The Labute approximate surface area is 146 Å². The van der Waals surface area contributed by atoms with Crippen LogP contribution in [0.1, 0.15) is 63.4 Å². The lowest BCUT2D eigenvalue weighted by Gasteiger charge is -2.23. The van der Waals surface area contributed by atoms with Gasteiger partial charge in [-0.25, -0.2) is 4.79 Å². The molecule has 0 aromatic heterocycles. The molecule has 0 spiro atoms. The number of rotatable bonds is 9. The standard InChI is InChI=1S/C21H31NO2/c1-2-10-20(16-9-15-18-11-5-3-6-12-18)22-21(23)24-17-19-13-7-4-8-14-19/h2,4,7-8,13-14,18,20H,1,3,5-6,9-12,15-17H2,(H,22,23)/t20-/m0/s1. The van der Waals surface area contributed by atoms with Crippen LogP contribution in [-0.2, 0) is 11.3 Å². The van der Waals surface area contributed by atoms with Crippen LogP contribution in [0.4, 0.5) is 4.79 Å². The number of carbonyl (C=O) groups excluding carboxylic acids is 1. The maximum Gasteiger partial charge on any atom is 0.407 e. The largest absolute Gasteiger partial charge is 0.445 e. The van der Waals surface area contributed by atoms with Crippen LogP contribution >= 0.6 is 0 Å². The highest BCUT2D eigenvalue weighted by molar-refractivity contribution is 5.67. The van der Waals surface area contributed by atoms with Crippen LogP contribution in [0.5, 0.6) is 0 Å². The summed E-state index contributed by atoms with van der Waals surface area (Å²) in [5.74, 6) is 0.896. The lowest BCUT2D eigenvalue weighted by atomic mass is 9.85. The maximum atomic E-state index is 12.0. The number of ether oxygens (including phenoxy) is 1. The molecule has 3 heteroatoms. The summed E-state index contributed by atoms with van der Waals surface area (Å²) in [6.45, 7) is 4.12. The van der Waals surface area contributed by atoms with E-state index in [1.165, 1.54) is 44.9 Å². The number of hydrogen-bond donors (Lipinski definition) is 1. The number of carbonyl (C=O) groups is 1. The quantitative estimate of drug-likeness (QED) is 0.598. The Kier molecular flexibility index (Phi) is 8.43. The number of benzene rings is 1. The maximum absolute atomic E-state index is 12.0. The first-order valence-corrected chi connectivity index (χ1v) is 9.36. The van der Waals surface area contributed by atoms with Crippen molar-refractivity contribution in [1.29, 1.82) is 0 Å². The van der Waals surface area contributed by atoms with Gasteiger partial charge in [-0.1, -0.05) is 81.4 Å². The van der Waals surface area contributed by atoms with E-state index in [2.05, 4.69) is 11.9 Å². The zero-order valence-electron chi connectivity index (χ0n) is 14.7. The molecule has 0 radical (unpaired) electrons. The molecule has 0 unspecified atom stereocenters. The van der Waals surface area contributed by atoms with Gasteiger partial charge in [0.25, 0.3) is 0 Å². The van der Waals surface area contributed by atoms with Crippen molar-refractivity contribution < 1.29 is 9.53 Å². The highest BCUT2D eigenvalue weighted by Gasteiger charge is 2.16. The Morgan fingerprint density at radius 1 is 1.25 bits per heavy atom. The molecule has 0 saturated heterocycles. The molecule has 1 atom stereocenters. The van der Waals surface area contributed by atoms with Gasteiger partial charge in [-0.2, -0.15) is 0 Å². The molecule has 0 heterocycles. The molecule has 1 fully saturated rings. The lowest BCUT2D eigenvalue weighted by Crippen LogP contribution is -2.35. The SMILES string of the molecule is C=CC[C@@H](CCCC1CCCCC1)NC(=O)OCc1ccccc1. The minimum absolute atomic E-state index is 0.134. The molecular weight excluding hydrogens is 298 g/mol. The zero-order chi connectivity index (χ0) is 17.0. The fourth-order valence-electron chi connectivity index (χ4n) is 3.51. The zero-order valence-corrected chi connectivity index (χ0v) is 14.7. The van der Waals surface area contributed by atoms with Crippen LogP contribution in [0.15, 0.2) is 43.0 Å². The molecule has 132 valence electrons. The average Bonchev–Trinajstić information content (AvgIpc) is 2.62. The first-order valence-electron chi connectivity index (χ1n) is 9.36. The number of nitrogens with one attached hydrogen (secondary N) is 1. The Morgan fingerprint density at radius 2 is 2.00 bits per heavy atom. The Balaban J connectivity index is 1.67. The van der Waals surface area contributed by atoms with Crippen LogP contribution in [0.3, 0.4) is 0 Å². The van der Waals surface area contributed by atoms with Gasteiger partial charge in [0.15, 0.2) is 0 Å². The first-order chi connectivity index (χ1) is 11.8. The molecule has 24 heavy (non-hydrogen) atoms. The summed E-state index contributed by atoms with van der Waals surface area (Å²) >= 11 is 0. The van der Waals surface area contributed by atoms with E-state index in [0.717, 1.165) is 24.3 Å². The number of alkyl carbamates (subject to hydrolysis) is 1. The van der Waals surface area contributed by atoms with Crippen molar-refractivity contribution in [3.05, 3.63) is 48.6 Å². The van der Waals surface area contributed by atoms with E-state index < -0.39 is 0 Å². The molecule has 0 aliphatic heterocycles. The topological polar surface area (TPSA) is 38.3 Å². The molecule has 1 aliphatic rings. The van der Waals surface area contributed by atoms with E-state index in [9.17, 15) is 4.79 Å². The van der Waals surface area contributed by atoms with Crippen molar-refractivity contribution in [2.75, 3.05) is 0 Å². The van der Waals surface area contributed by atoms with Gasteiger partial charge in [-0.3, -0.25) is 0 Å². The summed E-state index contributed by atoms with van der Waals surface area (Å²) < 4.78 is 5.32. The number of amides is 1. The average molecular weight is 329 g/mol. The Bertz CT molecular complexity index is 480. The molecule has 1 aromatic carbocycles. The van der Waals surface area contributed by atoms with E-state index in [-0.39, 0.29) is 12.1 Å². The van der Waals surface area contributed by atoms with Crippen LogP contribution < -0.4 is 5.32 Å². The molecule has 1 aromatic rings. The van der Waals surface area contributed by atoms with E-state index in [1.54, 1.807) is 0 Å². The van der Waals surface area contributed by atoms with Gasteiger partial charge in [-0.05, 0) is 24.3 Å².